The minimum atomic E-state index is -0.602. The number of rotatable bonds is 10. The van der Waals surface area contributed by atoms with E-state index >= 15 is 4.39 Å². The number of nitrogens with zero attached hydrogens (tertiary/aromatic N) is 3. The number of benzene rings is 3. The molecule has 0 N–H and O–H groups in total. The van der Waals surface area contributed by atoms with Gasteiger partial charge in [0.15, 0.2) is 0 Å². The third-order valence-electron chi connectivity index (χ3n) is 7.36. The van der Waals surface area contributed by atoms with E-state index in [0.717, 1.165) is 11.1 Å². The molecule has 0 unspecified atom stereocenters. The molecule has 1 saturated heterocycles. The Morgan fingerprint density at radius 2 is 1.51 bits per heavy atom. The van der Waals surface area contributed by atoms with Crippen molar-refractivity contribution in [3.63, 3.8) is 0 Å². The van der Waals surface area contributed by atoms with Crippen LogP contribution in [-0.2, 0) is 22.7 Å². The Labute approximate surface area is 264 Å². The van der Waals surface area contributed by atoms with E-state index in [1.54, 1.807) is 30.2 Å². The van der Waals surface area contributed by atoms with Crippen LogP contribution >= 0.6 is 0 Å². The van der Waals surface area contributed by atoms with Gasteiger partial charge in [0.25, 0.3) is 0 Å². The number of hydrogen-bond acceptors (Lipinski definition) is 7. The molecule has 1 aliphatic heterocycles. The highest BCUT2D eigenvalue weighted by molar-refractivity contribution is 5.72. The van der Waals surface area contributed by atoms with Crippen molar-refractivity contribution in [1.29, 1.82) is 0 Å². The summed E-state index contributed by atoms with van der Waals surface area (Å²) in [6.07, 6.45) is -0.377. The third kappa shape index (κ3) is 8.51. The molecule has 1 aliphatic rings. The van der Waals surface area contributed by atoms with Crippen LogP contribution in [0, 0.1) is 5.82 Å². The minimum absolute atomic E-state index is 0.244. The second kappa shape index (κ2) is 14.4. The van der Waals surface area contributed by atoms with Crippen molar-refractivity contribution in [3.05, 3.63) is 108 Å². The fourth-order valence-corrected chi connectivity index (χ4v) is 5.18. The third-order valence-corrected chi connectivity index (χ3v) is 7.36. The highest BCUT2D eigenvalue weighted by Crippen LogP contribution is 2.35. The van der Waals surface area contributed by atoms with E-state index in [0.29, 0.717) is 55.5 Å². The summed E-state index contributed by atoms with van der Waals surface area (Å²) in [6.45, 7) is 7.92. The number of carbonyl (C=O) groups excluding carboxylic acids is 1. The molecule has 0 spiro atoms. The lowest BCUT2D eigenvalue weighted by molar-refractivity contribution is 0.00343. The van der Waals surface area contributed by atoms with Crippen LogP contribution in [-0.4, -0.2) is 61.0 Å². The summed E-state index contributed by atoms with van der Waals surface area (Å²) in [5.41, 5.74) is 2.97. The monoisotopic (exact) mass is 613 g/mol. The van der Waals surface area contributed by atoms with Crippen LogP contribution in [0.15, 0.2) is 91.0 Å². The zero-order valence-corrected chi connectivity index (χ0v) is 26.2. The summed E-state index contributed by atoms with van der Waals surface area (Å²) in [7, 11) is 1.60. The molecule has 0 radical (unpaired) electrons. The van der Waals surface area contributed by atoms with Gasteiger partial charge in [-0.2, -0.15) is 4.98 Å². The van der Waals surface area contributed by atoms with E-state index in [2.05, 4.69) is 9.88 Å². The van der Waals surface area contributed by atoms with E-state index in [4.69, 9.17) is 18.9 Å². The molecule has 1 amide bonds. The molecule has 1 atom stereocenters. The van der Waals surface area contributed by atoms with Gasteiger partial charge in [-0.15, -0.1) is 0 Å². The zero-order valence-electron chi connectivity index (χ0n) is 26.2. The molecule has 2 heterocycles. The number of methoxy groups -OCH3 is 1. The number of ether oxygens (including phenoxy) is 4. The van der Waals surface area contributed by atoms with E-state index in [1.165, 1.54) is 6.07 Å². The van der Waals surface area contributed by atoms with Crippen LogP contribution in [0.2, 0.25) is 0 Å². The molecule has 1 fully saturated rings. The maximum absolute atomic E-state index is 15.9. The molecule has 8 nitrogen and oxygen atoms in total. The highest BCUT2D eigenvalue weighted by atomic mass is 19.1. The van der Waals surface area contributed by atoms with Crippen molar-refractivity contribution in [3.8, 4) is 22.9 Å². The van der Waals surface area contributed by atoms with Gasteiger partial charge >= 0.3 is 6.09 Å². The Bertz CT molecular complexity index is 1560. The standard InChI is InChI=1S/C36H40FN3O5/c1-36(2,3)45-35(41)40-20-19-39(22-29(40)25-42-4)28-15-16-30(32(37)21-28)31-17-18-33(43-23-26-11-7-5-8-12-26)38-34(31)44-24-27-13-9-6-10-14-27/h5-18,21,29H,19-20,22-25H2,1-4H3/t29-/m1/s1. The molecule has 236 valence electrons. The fourth-order valence-electron chi connectivity index (χ4n) is 5.18. The molecular formula is C36H40FN3O5. The van der Waals surface area contributed by atoms with Crippen LogP contribution < -0.4 is 14.4 Å². The summed E-state index contributed by atoms with van der Waals surface area (Å²) in [5, 5.41) is 0. The second-order valence-corrected chi connectivity index (χ2v) is 11.9. The number of aromatic nitrogens is 1. The van der Waals surface area contributed by atoms with Crippen molar-refractivity contribution in [1.82, 2.24) is 9.88 Å². The molecule has 0 aliphatic carbocycles. The summed E-state index contributed by atoms with van der Waals surface area (Å²) in [4.78, 5) is 21.2. The number of halogens is 1. The molecule has 4 aromatic rings. The predicted octanol–water partition coefficient (Wildman–Crippen LogP) is 7.12. The lowest BCUT2D eigenvalue weighted by atomic mass is 10.0. The Morgan fingerprint density at radius 3 is 2.13 bits per heavy atom. The summed E-state index contributed by atoms with van der Waals surface area (Å²) in [6, 6.07) is 28.0. The maximum Gasteiger partial charge on any atom is 0.410 e. The van der Waals surface area contributed by atoms with Crippen LogP contribution in [0.5, 0.6) is 11.8 Å². The van der Waals surface area contributed by atoms with Crippen molar-refractivity contribution < 1.29 is 28.1 Å². The van der Waals surface area contributed by atoms with E-state index < -0.39 is 11.4 Å². The maximum atomic E-state index is 15.9. The van der Waals surface area contributed by atoms with E-state index in [1.807, 2.05) is 87.5 Å². The molecule has 3 aromatic carbocycles. The molecular weight excluding hydrogens is 573 g/mol. The van der Waals surface area contributed by atoms with Crippen LogP contribution in [0.1, 0.15) is 31.9 Å². The van der Waals surface area contributed by atoms with Crippen LogP contribution in [0.25, 0.3) is 11.1 Å². The summed E-state index contributed by atoms with van der Waals surface area (Å²) in [5.74, 6) is 0.256. The number of carbonyl (C=O) groups is 1. The molecule has 0 saturated carbocycles. The Balaban J connectivity index is 1.36. The van der Waals surface area contributed by atoms with Gasteiger partial charge < -0.3 is 23.8 Å². The van der Waals surface area contributed by atoms with Gasteiger partial charge in [-0.05, 0) is 56.2 Å². The van der Waals surface area contributed by atoms with Gasteiger partial charge in [0.1, 0.15) is 24.6 Å². The molecule has 1 aromatic heterocycles. The minimum Gasteiger partial charge on any atom is -0.473 e. The Kier molecular flexibility index (Phi) is 10.2. The highest BCUT2D eigenvalue weighted by Gasteiger charge is 2.33. The van der Waals surface area contributed by atoms with Crippen LogP contribution in [0.4, 0.5) is 14.9 Å². The normalized spacial score (nSPS) is 15.1. The number of amides is 1. The molecule has 5 rings (SSSR count). The SMILES string of the molecule is COC[C@H]1CN(c2ccc(-c3ccc(OCc4ccccc4)nc3OCc3ccccc3)c(F)c2)CCN1C(=O)OC(C)(C)C. The first kappa shape index (κ1) is 31.8. The number of anilines is 1. The van der Waals surface area contributed by atoms with Gasteiger partial charge in [-0.1, -0.05) is 60.7 Å². The van der Waals surface area contributed by atoms with E-state index in [9.17, 15) is 4.79 Å². The second-order valence-electron chi connectivity index (χ2n) is 11.9. The van der Waals surface area contributed by atoms with Gasteiger partial charge in [-0.3, -0.25) is 4.90 Å². The van der Waals surface area contributed by atoms with Gasteiger partial charge in [0.05, 0.1) is 12.6 Å². The van der Waals surface area contributed by atoms with Crippen LogP contribution in [0.3, 0.4) is 0 Å². The van der Waals surface area contributed by atoms with Crippen molar-refractivity contribution in [2.24, 2.45) is 0 Å². The number of hydrogen-bond donors (Lipinski definition) is 0. The smallest absolute Gasteiger partial charge is 0.410 e. The first-order chi connectivity index (χ1) is 21.7. The Hall–Kier alpha value is -4.63. The average molecular weight is 614 g/mol. The number of pyridine rings is 1. The van der Waals surface area contributed by atoms with Crippen molar-refractivity contribution in [2.45, 2.75) is 45.6 Å². The van der Waals surface area contributed by atoms with E-state index in [-0.39, 0.29) is 24.6 Å². The molecule has 0 bridgehead atoms. The average Bonchev–Trinajstić information content (AvgIpc) is 3.03. The van der Waals surface area contributed by atoms with Crippen molar-refractivity contribution >= 4 is 11.8 Å². The molecule has 9 heteroatoms. The Morgan fingerprint density at radius 1 is 0.867 bits per heavy atom. The summed E-state index contributed by atoms with van der Waals surface area (Å²) >= 11 is 0. The van der Waals surface area contributed by atoms with Gasteiger partial charge in [0.2, 0.25) is 11.8 Å². The first-order valence-electron chi connectivity index (χ1n) is 15.1. The topological polar surface area (TPSA) is 73.4 Å². The lowest BCUT2D eigenvalue weighted by Crippen LogP contribution is -2.57. The predicted molar refractivity (Wildman–Crippen MR) is 172 cm³/mol. The quantitative estimate of drug-likeness (QED) is 0.189. The molecule has 45 heavy (non-hydrogen) atoms. The zero-order chi connectivity index (χ0) is 31.8. The number of piperazine rings is 1. The van der Waals surface area contributed by atoms with Gasteiger partial charge in [-0.25, -0.2) is 9.18 Å². The van der Waals surface area contributed by atoms with Gasteiger partial charge in [0, 0.05) is 49.6 Å². The fraction of sp³-hybridized carbons (Fsp3) is 0.333. The van der Waals surface area contributed by atoms with Crippen molar-refractivity contribution in [2.75, 3.05) is 38.3 Å². The largest absolute Gasteiger partial charge is 0.473 e. The first-order valence-corrected chi connectivity index (χ1v) is 15.1. The summed E-state index contributed by atoms with van der Waals surface area (Å²) < 4.78 is 39.0. The lowest BCUT2D eigenvalue weighted by Gasteiger charge is -2.42.